The van der Waals surface area contributed by atoms with Crippen molar-refractivity contribution in [3.05, 3.63) is 19.9 Å². The van der Waals surface area contributed by atoms with Gasteiger partial charge in [-0.15, -0.1) is 11.3 Å². The molecule has 0 saturated heterocycles. The SMILES string of the molecule is CCC(NC(=O)c1csc(I)c1)C(N)=NO. The fourth-order valence-corrected chi connectivity index (χ4v) is 2.45. The van der Waals surface area contributed by atoms with Crippen LogP contribution in [0.5, 0.6) is 0 Å². The Morgan fingerprint density at radius 3 is 2.94 bits per heavy atom. The van der Waals surface area contributed by atoms with Crippen LogP contribution in [0.25, 0.3) is 0 Å². The number of amides is 1. The number of carbonyl (C=O) groups excluding carboxylic acids is 1. The molecule has 0 aliphatic rings. The number of hydrogen-bond donors (Lipinski definition) is 3. The number of halogens is 1. The van der Waals surface area contributed by atoms with Crippen molar-refractivity contribution in [1.29, 1.82) is 0 Å². The Kier molecular flexibility index (Phi) is 5.00. The summed E-state index contributed by atoms with van der Waals surface area (Å²) < 4.78 is 1.04. The van der Waals surface area contributed by atoms with E-state index in [-0.39, 0.29) is 11.7 Å². The first-order valence-corrected chi connectivity index (χ1v) is 6.56. The summed E-state index contributed by atoms with van der Waals surface area (Å²) >= 11 is 3.64. The lowest BCUT2D eigenvalue weighted by atomic mass is 10.2. The molecule has 1 atom stereocenters. The first-order chi connectivity index (χ1) is 7.58. The third-order valence-corrected chi connectivity index (χ3v) is 3.80. The van der Waals surface area contributed by atoms with E-state index >= 15 is 0 Å². The molecular formula is C9H12IN3O2S. The molecule has 88 valence electrons. The van der Waals surface area contributed by atoms with Crippen LogP contribution in [0.3, 0.4) is 0 Å². The van der Waals surface area contributed by atoms with Crippen LogP contribution in [0.15, 0.2) is 16.6 Å². The Morgan fingerprint density at radius 2 is 2.50 bits per heavy atom. The van der Waals surface area contributed by atoms with Crippen molar-refractivity contribution in [1.82, 2.24) is 5.32 Å². The number of amidine groups is 1. The molecule has 0 aromatic carbocycles. The fraction of sp³-hybridized carbons (Fsp3) is 0.333. The first-order valence-electron chi connectivity index (χ1n) is 4.60. The van der Waals surface area contributed by atoms with E-state index in [0.29, 0.717) is 12.0 Å². The van der Waals surface area contributed by atoms with Crippen molar-refractivity contribution >= 4 is 45.7 Å². The molecule has 7 heteroatoms. The van der Waals surface area contributed by atoms with Gasteiger partial charge in [0.2, 0.25) is 0 Å². The van der Waals surface area contributed by atoms with Gasteiger partial charge in [-0.05, 0) is 35.1 Å². The zero-order valence-corrected chi connectivity index (χ0v) is 11.6. The lowest BCUT2D eigenvalue weighted by molar-refractivity contribution is 0.0946. The predicted octanol–water partition coefficient (Wildman–Crippen LogP) is 1.61. The lowest BCUT2D eigenvalue weighted by Gasteiger charge is -2.14. The molecule has 0 bridgehead atoms. The largest absolute Gasteiger partial charge is 0.409 e. The molecule has 0 aliphatic heterocycles. The minimum absolute atomic E-state index is 0.0146. The summed E-state index contributed by atoms with van der Waals surface area (Å²) in [6.45, 7) is 1.85. The minimum atomic E-state index is -0.435. The van der Waals surface area contributed by atoms with Gasteiger partial charge < -0.3 is 16.3 Å². The average Bonchev–Trinajstić information content (AvgIpc) is 2.71. The van der Waals surface area contributed by atoms with E-state index in [0.717, 1.165) is 2.88 Å². The third-order valence-electron chi connectivity index (χ3n) is 2.02. The second-order valence-corrected chi connectivity index (χ2v) is 5.90. The van der Waals surface area contributed by atoms with Crippen molar-refractivity contribution in [2.75, 3.05) is 0 Å². The summed E-state index contributed by atoms with van der Waals surface area (Å²) in [6.07, 6.45) is 0.572. The van der Waals surface area contributed by atoms with E-state index in [1.165, 1.54) is 11.3 Å². The Bertz CT molecular complexity index is 405. The number of nitrogens with two attached hydrogens (primary N) is 1. The molecule has 5 nitrogen and oxygen atoms in total. The number of hydrogen-bond acceptors (Lipinski definition) is 4. The van der Waals surface area contributed by atoms with Gasteiger partial charge in [-0.1, -0.05) is 12.1 Å². The van der Waals surface area contributed by atoms with Crippen molar-refractivity contribution in [3.8, 4) is 0 Å². The smallest absolute Gasteiger partial charge is 0.252 e. The standard InChI is InChI=1S/C9H12IN3O2S/c1-2-6(8(11)13-15)12-9(14)5-3-7(10)16-4-5/h3-4,6,15H,2H2,1H3,(H2,11,13)(H,12,14). The second-order valence-electron chi connectivity index (χ2n) is 3.10. The van der Waals surface area contributed by atoms with Crippen LogP contribution in [0.4, 0.5) is 0 Å². The van der Waals surface area contributed by atoms with Gasteiger partial charge in [0.05, 0.1) is 14.5 Å². The molecule has 0 fully saturated rings. The van der Waals surface area contributed by atoms with Crippen molar-refractivity contribution in [3.63, 3.8) is 0 Å². The normalized spacial score (nSPS) is 13.5. The second kappa shape index (κ2) is 6.04. The van der Waals surface area contributed by atoms with E-state index in [4.69, 9.17) is 10.9 Å². The number of thiophene rings is 1. The van der Waals surface area contributed by atoms with Crippen molar-refractivity contribution in [2.45, 2.75) is 19.4 Å². The van der Waals surface area contributed by atoms with Gasteiger partial charge >= 0.3 is 0 Å². The molecule has 1 unspecified atom stereocenters. The van der Waals surface area contributed by atoms with Crippen molar-refractivity contribution < 1.29 is 10.0 Å². The van der Waals surface area contributed by atoms with Crippen LogP contribution in [-0.2, 0) is 0 Å². The van der Waals surface area contributed by atoms with Crippen LogP contribution < -0.4 is 11.1 Å². The van der Waals surface area contributed by atoms with Gasteiger partial charge in [-0.2, -0.15) is 0 Å². The molecule has 0 aliphatic carbocycles. The van der Waals surface area contributed by atoms with Gasteiger partial charge in [-0.25, -0.2) is 0 Å². The molecule has 0 saturated carbocycles. The highest BCUT2D eigenvalue weighted by Gasteiger charge is 2.16. The molecule has 1 amide bonds. The summed E-state index contributed by atoms with van der Waals surface area (Å²) in [6, 6.07) is 1.36. The first kappa shape index (κ1) is 13.2. The number of nitrogens with zero attached hydrogens (tertiary/aromatic N) is 1. The summed E-state index contributed by atoms with van der Waals surface area (Å²) in [5.74, 6) is -0.196. The third kappa shape index (κ3) is 3.34. The molecule has 1 rings (SSSR count). The Morgan fingerprint density at radius 1 is 1.81 bits per heavy atom. The zero-order valence-electron chi connectivity index (χ0n) is 8.61. The van der Waals surface area contributed by atoms with Gasteiger partial charge in [-0.3, -0.25) is 4.79 Å². The molecule has 0 radical (unpaired) electrons. The highest BCUT2D eigenvalue weighted by molar-refractivity contribution is 14.1. The highest BCUT2D eigenvalue weighted by Crippen LogP contribution is 2.16. The van der Waals surface area contributed by atoms with E-state index in [1.54, 1.807) is 11.4 Å². The van der Waals surface area contributed by atoms with Crippen molar-refractivity contribution in [2.24, 2.45) is 10.9 Å². The van der Waals surface area contributed by atoms with Gasteiger partial charge in [0.25, 0.3) is 5.91 Å². The van der Waals surface area contributed by atoms with Crippen LogP contribution in [0.1, 0.15) is 23.7 Å². The van der Waals surface area contributed by atoms with E-state index in [1.807, 2.05) is 6.92 Å². The van der Waals surface area contributed by atoms with Crippen LogP contribution >= 0.6 is 33.9 Å². The quantitative estimate of drug-likeness (QED) is 0.253. The Labute approximate surface area is 111 Å². The summed E-state index contributed by atoms with van der Waals surface area (Å²) in [5.41, 5.74) is 6.04. The molecule has 0 spiro atoms. The molecule has 16 heavy (non-hydrogen) atoms. The monoisotopic (exact) mass is 353 g/mol. The molecule has 4 N–H and O–H groups in total. The average molecular weight is 353 g/mol. The Balaban J connectivity index is 2.70. The fourth-order valence-electron chi connectivity index (χ4n) is 1.13. The number of rotatable bonds is 4. The van der Waals surface area contributed by atoms with Crippen LogP contribution in [-0.4, -0.2) is 23.0 Å². The summed E-state index contributed by atoms with van der Waals surface area (Å²) in [7, 11) is 0. The molecule has 1 aromatic heterocycles. The lowest BCUT2D eigenvalue weighted by Crippen LogP contribution is -2.44. The summed E-state index contributed by atoms with van der Waals surface area (Å²) in [5, 5.41) is 15.9. The number of carbonyl (C=O) groups is 1. The zero-order chi connectivity index (χ0) is 12.1. The maximum atomic E-state index is 11.7. The maximum absolute atomic E-state index is 11.7. The maximum Gasteiger partial charge on any atom is 0.252 e. The minimum Gasteiger partial charge on any atom is -0.409 e. The van der Waals surface area contributed by atoms with E-state index in [9.17, 15) is 4.79 Å². The molecule has 1 heterocycles. The van der Waals surface area contributed by atoms with Crippen LogP contribution in [0.2, 0.25) is 0 Å². The van der Waals surface area contributed by atoms with Gasteiger partial charge in [0, 0.05) is 5.38 Å². The van der Waals surface area contributed by atoms with Gasteiger partial charge in [0.1, 0.15) is 0 Å². The number of oxime groups is 1. The molecular weight excluding hydrogens is 341 g/mol. The summed E-state index contributed by atoms with van der Waals surface area (Å²) in [4.78, 5) is 11.7. The van der Waals surface area contributed by atoms with Crippen LogP contribution in [0, 0.1) is 2.88 Å². The van der Waals surface area contributed by atoms with E-state index in [2.05, 4.69) is 33.1 Å². The number of nitrogens with one attached hydrogen (secondary N) is 1. The Hall–Kier alpha value is -0.830. The topological polar surface area (TPSA) is 87.7 Å². The van der Waals surface area contributed by atoms with E-state index < -0.39 is 6.04 Å². The molecule has 1 aromatic rings. The highest BCUT2D eigenvalue weighted by atomic mass is 127. The predicted molar refractivity (Wildman–Crippen MR) is 72.0 cm³/mol. The van der Waals surface area contributed by atoms with Gasteiger partial charge in [0.15, 0.2) is 5.84 Å².